The van der Waals surface area contributed by atoms with Crippen LogP contribution in [0.5, 0.6) is 0 Å². The molecule has 0 saturated heterocycles. The Morgan fingerprint density at radius 2 is 1.89 bits per heavy atom. The van der Waals surface area contributed by atoms with Crippen molar-refractivity contribution < 1.29 is 19.4 Å². The number of rotatable bonds is 8. The van der Waals surface area contributed by atoms with Gasteiger partial charge in [-0.2, -0.15) is 0 Å². The third kappa shape index (κ3) is 8.03. The molecule has 0 spiro atoms. The van der Waals surface area contributed by atoms with E-state index in [2.05, 4.69) is 10.6 Å². The highest BCUT2D eigenvalue weighted by Crippen LogP contribution is 1.95. The molecular formula is C12H24N2O4. The van der Waals surface area contributed by atoms with Gasteiger partial charge in [0.15, 0.2) is 0 Å². The van der Waals surface area contributed by atoms with Crippen molar-refractivity contribution in [3.05, 3.63) is 0 Å². The first-order valence-corrected chi connectivity index (χ1v) is 6.24. The Balaban J connectivity index is 3.87. The van der Waals surface area contributed by atoms with Gasteiger partial charge in [0.05, 0.1) is 25.2 Å². The quantitative estimate of drug-likeness (QED) is 0.526. The van der Waals surface area contributed by atoms with Gasteiger partial charge in [0.25, 0.3) is 0 Å². The van der Waals surface area contributed by atoms with Crippen LogP contribution in [0.25, 0.3) is 0 Å². The van der Waals surface area contributed by atoms with Crippen LogP contribution >= 0.6 is 0 Å². The second-order valence-corrected chi connectivity index (χ2v) is 4.46. The van der Waals surface area contributed by atoms with E-state index in [1.807, 2.05) is 13.8 Å². The summed E-state index contributed by atoms with van der Waals surface area (Å²) in [5.74, 6) is -0.570. The third-order valence-corrected chi connectivity index (χ3v) is 2.19. The molecule has 0 rings (SSSR count). The number of hydrogen-bond donors (Lipinski definition) is 3. The summed E-state index contributed by atoms with van der Waals surface area (Å²) in [7, 11) is 0. The van der Waals surface area contributed by atoms with Crippen LogP contribution in [0.3, 0.4) is 0 Å². The predicted octanol–water partition coefficient (Wildman–Crippen LogP) is -0.197. The maximum atomic E-state index is 11.5. The molecule has 6 heteroatoms. The number of aliphatic hydroxyl groups is 1. The average Bonchev–Trinajstić information content (AvgIpc) is 2.25. The number of ether oxygens (including phenoxy) is 1. The highest BCUT2D eigenvalue weighted by atomic mass is 16.5. The molecule has 0 aliphatic heterocycles. The molecule has 2 atom stereocenters. The second-order valence-electron chi connectivity index (χ2n) is 4.46. The maximum Gasteiger partial charge on any atom is 0.308 e. The minimum absolute atomic E-state index is 0.0701. The molecule has 0 fully saturated rings. The zero-order valence-electron chi connectivity index (χ0n) is 11.5. The van der Waals surface area contributed by atoms with Crippen molar-refractivity contribution in [2.24, 2.45) is 0 Å². The summed E-state index contributed by atoms with van der Waals surface area (Å²) >= 11 is 0. The maximum absolute atomic E-state index is 11.5. The molecule has 0 aromatic heterocycles. The van der Waals surface area contributed by atoms with Crippen LogP contribution in [-0.2, 0) is 14.3 Å². The standard InChI is InChI=1S/C12H24N2O4/c1-5-18-11(16)6-10(15)7-13-9(4)12(17)14-8(2)3/h8-10,13,15H,5-7H2,1-4H3,(H,14,17). The number of aliphatic hydroxyl groups excluding tert-OH is 1. The van der Waals surface area contributed by atoms with Crippen LogP contribution in [0.15, 0.2) is 0 Å². The molecule has 0 saturated carbocycles. The van der Waals surface area contributed by atoms with Gasteiger partial charge in [-0.05, 0) is 27.7 Å². The van der Waals surface area contributed by atoms with Crippen molar-refractivity contribution in [2.75, 3.05) is 13.2 Å². The smallest absolute Gasteiger partial charge is 0.308 e. The van der Waals surface area contributed by atoms with E-state index in [1.165, 1.54) is 0 Å². The molecule has 0 aromatic carbocycles. The van der Waals surface area contributed by atoms with E-state index >= 15 is 0 Å². The second kappa shape index (κ2) is 8.88. The molecule has 0 heterocycles. The van der Waals surface area contributed by atoms with Crippen LogP contribution in [0.4, 0.5) is 0 Å². The van der Waals surface area contributed by atoms with Crippen molar-refractivity contribution in [3.63, 3.8) is 0 Å². The lowest BCUT2D eigenvalue weighted by atomic mass is 10.2. The zero-order chi connectivity index (χ0) is 14.1. The monoisotopic (exact) mass is 260 g/mol. The molecule has 0 aliphatic rings. The molecule has 6 nitrogen and oxygen atoms in total. The van der Waals surface area contributed by atoms with E-state index in [0.717, 1.165) is 0 Å². The Labute approximate surface area is 108 Å². The first-order valence-electron chi connectivity index (χ1n) is 6.24. The molecular weight excluding hydrogens is 236 g/mol. The van der Waals surface area contributed by atoms with Gasteiger partial charge >= 0.3 is 5.97 Å². The molecule has 0 radical (unpaired) electrons. The van der Waals surface area contributed by atoms with Crippen LogP contribution in [0.1, 0.15) is 34.1 Å². The zero-order valence-corrected chi connectivity index (χ0v) is 11.5. The summed E-state index contributed by atoms with van der Waals surface area (Å²) in [6.07, 6.45) is -0.919. The van der Waals surface area contributed by atoms with E-state index in [0.29, 0.717) is 6.61 Å². The molecule has 0 bridgehead atoms. The minimum Gasteiger partial charge on any atom is -0.466 e. The number of carbonyl (C=O) groups excluding carboxylic acids is 2. The summed E-state index contributed by atoms with van der Waals surface area (Å²) in [5, 5.41) is 15.2. The highest BCUT2D eigenvalue weighted by Gasteiger charge is 2.16. The fourth-order valence-corrected chi connectivity index (χ4v) is 1.30. The Kier molecular flexibility index (Phi) is 8.32. The van der Waals surface area contributed by atoms with Gasteiger partial charge in [0.1, 0.15) is 0 Å². The Bertz CT molecular complexity index is 269. The lowest BCUT2D eigenvalue weighted by Crippen LogP contribution is -2.46. The Hall–Kier alpha value is -1.14. The van der Waals surface area contributed by atoms with Crippen LogP contribution in [0, 0.1) is 0 Å². The summed E-state index contributed by atoms with van der Waals surface area (Å²) in [6, 6.07) is -0.338. The van der Waals surface area contributed by atoms with Gasteiger partial charge in [0.2, 0.25) is 5.91 Å². The summed E-state index contributed by atoms with van der Waals surface area (Å²) < 4.78 is 4.71. The van der Waals surface area contributed by atoms with Gasteiger partial charge in [-0.25, -0.2) is 0 Å². The van der Waals surface area contributed by atoms with Gasteiger partial charge in [0, 0.05) is 12.6 Å². The Morgan fingerprint density at radius 1 is 1.28 bits per heavy atom. The number of hydrogen-bond acceptors (Lipinski definition) is 5. The summed E-state index contributed by atoms with van der Waals surface area (Å²) in [4.78, 5) is 22.6. The molecule has 2 unspecified atom stereocenters. The average molecular weight is 260 g/mol. The summed E-state index contributed by atoms with van der Waals surface area (Å²) in [6.45, 7) is 7.63. The fourth-order valence-electron chi connectivity index (χ4n) is 1.30. The van der Waals surface area contributed by atoms with Gasteiger partial charge in [-0.3, -0.25) is 9.59 Å². The molecule has 0 aromatic rings. The topological polar surface area (TPSA) is 87.7 Å². The van der Waals surface area contributed by atoms with Crippen molar-refractivity contribution in [3.8, 4) is 0 Å². The number of esters is 1. The largest absolute Gasteiger partial charge is 0.466 e. The van der Waals surface area contributed by atoms with E-state index in [-0.39, 0.29) is 24.9 Å². The van der Waals surface area contributed by atoms with E-state index in [1.54, 1.807) is 13.8 Å². The van der Waals surface area contributed by atoms with Crippen LogP contribution in [-0.4, -0.2) is 48.3 Å². The van der Waals surface area contributed by atoms with Crippen LogP contribution in [0.2, 0.25) is 0 Å². The van der Waals surface area contributed by atoms with Gasteiger partial charge < -0.3 is 20.5 Å². The first kappa shape index (κ1) is 16.9. The molecule has 106 valence electrons. The molecule has 1 amide bonds. The Morgan fingerprint density at radius 3 is 2.39 bits per heavy atom. The SMILES string of the molecule is CCOC(=O)CC(O)CNC(C)C(=O)NC(C)C. The number of carbonyl (C=O) groups is 2. The minimum atomic E-state index is -0.849. The summed E-state index contributed by atoms with van der Waals surface area (Å²) in [5.41, 5.74) is 0. The van der Waals surface area contributed by atoms with Crippen molar-refractivity contribution in [2.45, 2.75) is 52.3 Å². The van der Waals surface area contributed by atoms with Gasteiger partial charge in [-0.1, -0.05) is 0 Å². The van der Waals surface area contributed by atoms with Crippen LogP contribution < -0.4 is 10.6 Å². The first-order chi connectivity index (χ1) is 8.36. The fraction of sp³-hybridized carbons (Fsp3) is 0.833. The lowest BCUT2D eigenvalue weighted by Gasteiger charge is -2.17. The van der Waals surface area contributed by atoms with E-state index in [4.69, 9.17) is 4.74 Å². The number of amides is 1. The van der Waals surface area contributed by atoms with Crippen molar-refractivity contribution in [1.29, 1.82) is 0 Å². The number of nitrogens with one attached hydrogen (secondary N) is 2. The lowest BCUT2D eigenvalue weighted by molar-refractivity contribution is -0.145. The van der Waals surface area contributed by atoms with Crippen molar-refractivity contribution >= 4 is 11.9 Å². The van der Waals surface area contributed by atoms with Crippen molar-refractivity contribution in [1.82, 2.24) is 10.6 Å². The highest BCUT2D eigenvalue weighted by molar-refractivity contribution is 5.81. The molecule has 18 heavy (non-hydrogen) atoms. The van der Waals surface area contributed by atoms with Gasteiger partial charge in [-0.15, -0.1) is 0 Å². The molecule has 0 aliphatic carbocycles. The third-order valence-electron chi connectivity index (χ3n) is 2.19. The van der Waals surface area contributed by atoms with E-state index in [9.17, 15) is 14.7 Å². The van der Waals surface area contributed by atoms with E-state index < -0.39 is 18.1 Å². The normalized spacial score (nSPS) is 14.1. The molecule has 3 N–H and O–H groups in total. The predicted molar refractivity (Wildman–Crippen MR) is 68.0 cm³/mol.